The van der Waals surface area contributed by atoms with Gasteiger partial charge >= 0.3 is 0 Å². The van der Waals surface area contributed by atoms with E-state index < -0.39 is 0 Å². The third-order valence-electron chi connectivity index (χ3n) is 2.42. The van der Waals surface area contributed by atoms with E-state index in [4.69, 9.17) is 4.52 Å². The number of likely N-dealkylation sites (N-methyl/N-ethyl adjacent to an activating group) is 1. The first kappa shape index (κ1) is 12.3. The third kappa shape index (κ3) is 2.92. The first-order chi connectivity index (χ1) is 8.20. The van der Waals surface area contributed by atoms with Gasteiger partial charge in [-0.3, -0.25) is 0 Å². The number of hydrogen-bond acceptors (Lipinski definition) is 4. The van der Waals surface area contributed by atoms with E-state index in [0.29, 0.717) is 5.89 Å². The summed E-state index contributed by atoms with van der Waals surface area (Å²) in [4.78, 5) is 4.36. The second-order valence-corrected chi connectivity index (χ2v) is 4.71. The molecule has 0 spiro atoms. The lowest BCUT2D eigenvalue weighted by molar-refractivity contribution is 0.422. The summed E-state index contributed by atoms with van der Waals surface area (Å²) in [6, 6.07) is 6.04. The Labute approximate surface area is 109 Å². The number of nitrogens with zero attached hydrogens (tertiary/aromatic N) is 2. The van der Waals surface area contributed by atoms with Crippen LogP contribution in [0.4, 0.5) is 0 Å². The fourth-order valence-corrected chi connectivity index (χ4v) is 2.16. The van der Waals surface area contributed by atoms with Crippen LogP contribution in [-0.4, -0.2) is 23.7 Å². The van der Waals surface area contributed by atoms with Crippen LogP contribution in [0.15, 0.2) is 27.2 Å². The van der Waals surface area contributed by atoms with Gasteiger partial charge in [-0.1, -0.05) is 11.2 Å². The van der Waals surface area contributed by atoms with Gasteiger partial charge in [-0.25, -0.2) is 0 Å². The number of nitrogens with one attached hydrogen (secondary N) is 1. The maximum atomic E-state index is 5.25. The molecule has 0 atom stereocenters. The van der Waals surface area contributed by atoms with Crippen LogP contribution >= 0.6 is 15.9 Å². The van der Waals surface area contributed by atoms with Crippen molar-refractivity contribution in [3.63, 3.8) is 0 Å². The average molecular weight is 296 g/mol. The van der Waals surface area contributed by atoms with E-state index in [9.17, 15) is 0 Å². The van der Waals surface area contributed by atoms with Crippen molar-refractivity contribution in [2.24, 2.45) is 0 Å². The minimum Gasteiger partial charge on any atom is -0.334 e. The molecule has 4 nitrogen and oxygen atoms in total. The van der Waals surface area contributed by atoms with Crippen LogP contribution in [0, 0.1) is 6.92 Å². The number of halogens is 1. The molecule has 0 bridgehead atoms. The minimum atomic E-state index is 0.558. The van der Waals surface area contributed by atoms with Gasteiger partial charge < -0.3 is 9.84 Å². The smallest absolute Gasteiger partial charge is 0.259 e. The van der Waals surface area contributed by atoms with Crippen molar-refractivity contribution < 1.29 is 4.52 Å². The molecule has 17 heavy (non-hydrogen) atoms. The molecule has 5 heteroatoms. The van der Waals surface area contributed by atoms with E-state index in [1.165, 1.54) is 5.56 Å². The summed E-state index contributed by atoms with van der Waals surface area (Å²) in [6.07, 6.45) is 0.767. The van der Waals surface area contributed by atoms with Crippen molar-refractivity contribution in [1.82, 2.24) is 15.5 Å². The summed E-state index contributed by atoms with van der Waals surface area (Å²) in [7, 11) is 1.90. The predicted molar refractivity (Wildman–Crippen MR) is 69.8 cm³/mol. The van der Waals surface area contributed by atoms with Gasteiger partial charge in [0.15, 0.2) is 5.82 Å². The maximum Gasteiger partial charge on any atom is 0.259 e. The third-order valence-corrected chi connectivity index (χ3v) is 3.08. The summed E-state index contributed by atoms with van der Waals surface area (Å²) in [5.41, 5.74) is 2.12. The zero-order valence-corrected chi connectivity index (χ0v) is 11.4. The Balaban J connectivity index is 2.24. The van der Waals surface area contributed by atoms with Crippen molar-refractivity contribution in [3.8, 4) is 11.5 Å². The van der Waals surface area contributed by atoms with E-state index in [1.807, 2.05) is 32.2 Å². The number of rotatable bonds is 4. The molecule has 0 aliphatic carbocycles. The summed E-state index contributed by atoms with van der Waals surface area (Å²) < 4.78 is 6.22. The highest BCUT2D eigenvalue weighted by Crippen LogP contribution is 2.27. The standard InChI is InChI=1S/C12H14BrN3O/c1-8-3-4-9(10(13)7-8)12-15-11(16-17-12)5-6-14-2/h3-4,7,14H,5-6H2,1-2H3. The number of benzene rings is 1. The minimum absolute atomic E-state index is 0.558. The van der Waals surface area contributed by atoms with Gasteiger partial charge in [0.05, 0.1) is 5.56 Å². The van der Waals surface area contributed by atoms with Gasteiger partial charge in [-0.2, -0.15) is 4.98 Å². The normalized spacial score (nSPS) is 10.8. The van der Waals surface area contributed by atoms with Crippen LogP contribution in [0.5, 0.6) is 0 Å². The average Bonchev–Trinajstić information content (AvgIpc) is 2.75. The van der Waals surface area contributed by atoms with E-state index in [-0.39, 0.29) is 0 Å². The molecule has 2 rings (SSSR count). The molecule has 0 amide bonds. The molecule has 1 N–H and O–H groups in total. The van der Waals surface area contributed by atoms with Crippen LogP contribution in [0.25, 0.3) is 11.5 Å². The van der Waals surface area contributed by atoms with Crippen molar-refractivity contribution in [1.29, 1.82) is 0 Å². The lowest BCUT2D eigenvalue weighted by Crippen LogP contribution is -2.10. The molecule has 90 valence electrons. The Hall–Kier alpha value is -1.20. The van der Waals surface area contributed by atoms with Gasteiger partial charge in [0, 0.05) is 17.4 Å². The molecule has 0 aliphatic rings. The second-order valence-electron chi connectivity index (χ2n) is 3.85. The molecule has 0 saturated carbocycles. The van der Waals surface area contributed by atoms with Crippen molar-refractivity contribution in [2.45, 2.75) is 13.3 Å². The summed E-state index contributed by atoms with van der Waals surface area (Å²) in [5.74, 6) is 1.28. The van der Waals surface area contributed by atoms with Crippen LogP contribution < -0.4 is 5.32 Å². The Kier molecular flexibility index (Phi) is 3.91. The largest absolute Gasteiger partial charge is 0.334 e. The lowest BCUT2D eigenvalue weighted by Gasteiger charge is -1.99. The summed E-state index contributed by atoms with van der Waals surface area (Å²) >= 11 is 3.51. The van der Waals surface area contributed by atoms with E-state index in [0.717, 1.165) is 28.8 Å². The van der Waals surface area contributed by atoms with Gasteiger partial charge in [0.25, 0.3) is 5.89 Å². The monoisotopic (exact) mass is 295 g/mol. The fourth-order valence-electron chi connectivity index (χ4n) is 1.50. The van der Waals surface area contributed by atoms with Crippen LogP contribution in [-0.2, 0) is 6.42 Å². The van der Waals surface area contributed by atoms with Crippen molar-refractivity contribution >= 4 is 15.9 Å². The van der Waals surface area contributed by atoms with Gasteiger partial charge in [0.2, 0.25) is 0 Å². The zero-order chi connectivity index (χ0) is 12.3. The number of aryl methyl sites for hydroxylation is 1. The van der Waals surface area contributed by atoms with Crippen LogP contribution in [0.3, 0.4) is 0 Å². The number of aromatic nitrogens is 2. The Bertz CT molecular complexity index is 510. The Morgan fingerprint density at radius 2 is 2.24 bits per heavy atom. The van der Waals surface area contributed by atoms with Crippen molar-refractivity contribution in [2.75, 3.05) is 13.6 Å². The molecule has 0 radical (unpaired) electrons. The second kappa shape index (κ2) is 5.42. The molecule has 1 aromatic heterocycles. The fraction of sp³-hybridized carbons (Fsp3) is 0.333. The molecule has 2 aromatic rings. The highest BCUT2D eigenvalue weighted by molar-refractivity contribution is 9.10. The van der Waals surface area contributed by atoms with Gasteiger partial charge in [-0.15, -0.1) is 0 Å². The molecule has 1 aromatic carbocycles. The van der Waals surface area contributed by atoms with Gasteiger partial charge in [0.1, 0.15) is 0 Å². The van der Waals surface area contributed by atoms with Crippen molar-refractivity contribution in [3.05, 3.63) is 34.1 Å². The molecular formula is C12H14BrN3O. The highest BCUT2D eigenvalue weighted by Gasteiger charge is 2.11. The topological polar surface area (TPSA) is 51.0 Å². The Morgan fingerprint density at radius 1 is 1.41 bits per heavy atom. The van der Waals surface area contributed by atoms with Gasteiger partial charge in [-0.05, 0) is 47.6 Å². The van der Waals surface area contributed by atoms with E-state index >= 15 is 0 Å². The molecule has 0 saturated heterocycles. The SMILES string of the molecule is CNCCc1noc(-c2ccc(C)cc2Br)n1. The maximum absolute atomic E-state index is 5.25. The molecule has 0 unspecified atom stereocenters. The van der Waals surface area contributed by atoms with Crippen LogP contribution in [0.1, 0.15) is 11.4 Å². The van der Waals surface area contributed by atoms with E-state index in [2.05, 4.69) is 31.4 Å². The predicted octanol–water partition coefficient (Wildman–Crippen LogP) is 2.57. The summed E-state index contributed by atoms with van der Waals surface area (Å²) in [5, 5.41) is 7.00. The lowest BCUT2D eigenvalue weighted by atomic mass is 10.1. The number of hydrogen-bond donors (Lipinski definition) is 1. The molecule has 0 fully saturated rings. The first-order valence-electron chi connectivity index (χ1n) is 5.44. The quantitative estimate of drug-likeness (QED) is 0.942. The Morgan fingerprint density at radius 3 is 2.94 bits per heavy atom. The van der Waals surface area contributed by atoms with E-state index in [1.54, 1.807) is 0 Å². The molecular weight excluding hydrogens is 282 g/mol. The zero-order valence-electron chi connectivity index (χ0n) is 9.83. The van der Waals surface area contributed by atoms with Crippen LogP contribution in [0.2, 0.25) is 0 Å². The summed E-state index contributed by atoms with van der Waals surface area (Å²) in [6.45, 7) is 2.88. The first-order valence-corrected chi connectivity index (χ1v) is 6.23. The highest BCUT2D eigenvalue weighted by atomic mass is 79.9. The molecule has 0 aliphatic heterocycles. The molecule has 1 heterocycles.